The van der Waals surface area contributed by atoms with Gasteiger partial charge in [0.25, 0.3) is 0 Å². The van der Waals surface area contributed by atoms with E-state index in [2.05, 4.69) is 0 Å². The molecule has 0 aromatic heterocycles. The van der Waals surface area contributed by atoms with E-state index in [1.54, 1.807) is 12.2 Å². The molecule has 0 aliphatic heterocycles. The third kappa shape index (κ3) is 0.975. The topological polar surface area (TPSA) is 47.7 Å². The van der Waals surface area contributed by atoms with Gasteiger partial charge >= 0.3 is 0 Å². The molecule has 0 spiro atoms. The Bertz CT molecular complexity index is 424. The van der Waals surface area contributed by atoms with E-state index in [1.807, 2.05) is 24.3 Å². The van der Waals surface area contributed by atoms with E-state index in [1.165, 1.54) is 0 Å². The third-order valence-electron chi connectivity index (χ3n) is 1.89. The molecule has 0 unspecified atom stereocenters. The molecule has 12 heavy (non-hydrogen) atoms. The lowest BCUT2D eigenvalue weighted by Gasteiger charge is -2.01. The van der Waals surface area contributed by atoms with E-state index in [9.17, 15) is 0 Å². The molecule has 0 heterocycles. The van der Waals surface area contributed by atoms with E-state index in [-0.39, 0.29) is 11.4 Å². The molecule has 0 fully saturated rings. The first kappa shape index (κ1) is 6.98. The molecule has 2 heteroatoms. The molecule has 0 bridgehead atoms. The maximum atomic E-state index is 7.41. The van der Waals surface area contributed by atoms with E-state index in [4.69, 9.17) is 10.8 Å². The second kappa shape index (κ2) is 2.41. The Morgan fingerprint density at radius 2 is 1.17 bits per heavy atom. The van der Waals surface area contributed by atoms with Crippen LogP contribution in [0.2, 0.25) is 0 Å². The van der Waals surface area contributed by atoms with Crippen molar-refractivity contribution < 1.29 is 0 Å². The number of benzene rings is 1. The minimum atomic E-state index is 0.286. The van der Waals surface area contributed by atoms with Crippen molar-refractivity contribution in [1.82, 2.24) is 0 Å². The van der Waals surface area contributed by atoms with Gasteiger partial charge in [0.05, 0.1) is 11.4 Å². The molecule has 0 saturated heterocycles. The van der Waals surface area contributed by atoms with Gasteiger partial charge in [-0.3, -0.25) is 10.8 Å². The van der Waals surface area contributed by atoms with Crippen molar-refractivity contribution in [3.63, 3.8) is 0 Å². The van der Waals surface area contributed by atoms with Crippen LogP contribution in [-0.2, 0) is 0 Å². The first-order valence-electron chi connectivity index (χ1n) is 3.73. The van der Waals surface area contributed by atoms with Crippen LogP contribution in [0.5, 0.6) is 0 Å². The zero-order valence-electron chi connectivity index (χ0n) is 6.46. The largest absolute Gasteiger partial charge is 0.299 e. The van der Waals surface area contributed by atoms with Crippen LogP contribution in [0, 0.1) is 10.8 Å². The zero-order chi connectivity index (χ0) is 8.55. The predicted molar refractivity (Wildman–Crippen MR) is 50.1 cm³/mol. The van der Waals surface area contributed by atoms with Crippen molar-refractivity contribution in [3.05, 3.63) is 34.7 Å². The second-order valence-electron chi connectivity index (χ2n) is 2.74. The normalized spacial score (nSPS) is 14.7. The number of hydrogen-bond donors (Lipinski definition) is 2. The van der Waals surface area contributed by atoms with E-state index >= 15 is 0 Å². The maximum Gasteiger partial charge on any atom is 0.0795 e. The van der Waals surface area contributed by atoms with Gasteiger partial charge in [-0.05, 0) is 22.6 Å². The molecule has 0 atom stereocenters. The molecule has 2 N–H and O–H groups in total. The lowest BCUT2D eigenvalue weighted by Crippen LogP contribution is -2.32. The molecule has 0 radical (unpaired) electrons. The van der Waals surface area contributed by atoms with Crippen molar-refractivity contribution in [2.45, 2.75) is 0 Å². The number of hydrogen-bond acceptors (Lipinski definition) is 2. The lowest BCUT2D eigenvalue weighted by atomic mass is 10.1. The summed E-state index contributed by atoms with van der Waals surface area (Å²) in [4.78, 5) is 0. The third-order valence-corrected chi connectivity index (χ3v) is 1.89. The first-order chi connectivity index (χ1) is 5.77. The molecular weight excluding hydrogens is 148 g/mol. The molecule has 1 aliphatic rings. The number of rotatable bonds is 0. The van der Waals surface area contributed by atoms with E-state index < -0.39 is 0 Å². The van der Waals surface area contributed by atoms with Gasteiger partial charge in [-0.25, -0.2) is 0 Å². The Labute approximate surface area is 69.9 Å². The fourth-order valence-corrected chi connectivity index (χ4v) is 1.24. The van der Waals surface area contributed by atoms with Crippen molar-refractivity contribution in [2.75, 3.05) is 0 Å². The summed E-state index contributed by atoms with van der Waals surface area (Å²) in [7, 11) is 0. The quantitative estimate of drug-likeness (QED) is 0.543. The summed E-state index contributed by atoms with van der Waals surface area (Å²) in [6.07, 6.45) is 3.44. The molecule has 58 valence electrons. The van der Waals surface area contributed by atoms with Crippen LogP contribution in [-0.4, -0.2) is 11.4 Å². The van der Waals surface area contributed by atoms with Gasteiger partial charge < -0.3 is 0 Å². The van der Waals surface area contributed by atoms with Gasteiger partial charge in [0.2, 0.25) is 0 Å². The average Bonchev–Trinajstić information content (AvgIpc) is 2.07. The summed E-state index contributed by atoms with van der Waals surface area (Å²) in [5, 5.41) is 16.9. The summed E-state index contributed by atoms with van der Waals surface area (Å²) in [5.74, 6) is 0. The van der Waals surface area contributed by atoms with Crippen LogP contribution in [0.1, 0.15) is 0 Å². The van der Waals surface area contributed by atoms with Gasteiger partial charge in [0.15, 0.2) is 0 Å². The molecular formula is C10H8N2. The van der Waals surface area contributed by atoms with Crippen molar-refractivity contribution >= 4 is 23.6 Å². The number of nitrogens with one attached hydrogen (secondary N) is 2. The molecule has 2 rings (SSSR count). The van der Waals surface area contributed by atoms with Crippen molar-refractivity contribution in [1.29, 1.82) is 10.8 Å². The maximum absolute atomic E-state index is 7.41. The highest BCUT2D eigenvalue weighted by Crippen LogP contribution is 1.87. The summed E-state index contributed by atoms with van der Waals surface area (Å²) >= 11 is 0. The first-order valence-corrected chi connectivity index (χ1v) is 3.73. The molecule has 1 aromatic rings. The molecule has 1 aliphatic carbocycles. The number of fused-ring (bicyclic) bond motifs is 1. The summed E-state index contributed by atoms with van der Waals surface area (Å²) in [6, 6.07) is 7.77. The molecule has 2 nitrogen and oxygen atoms in total. The Hall–Kier alpha value is -1.70. The molecule has 0 amide bonds. The van der Waals surface area contributed by atoms with Gasteiger partial charge in [-0.1, -0.05) is 24.3 Å². The van der Waals surface area contributed by atoms with E-state index in [0.717, 1.165) is 10.4 Å². The van der Waals surface area contributed by atoms with Crippen molar-refractivity contribution in [2.24, 2.45) is 0 Å². The van der Waals surface area contributed by atoms with E-state index in [0.29, 0.717) is 0 Å². The SMILES string of the molecule is N=C1C=c2ccccc2=CC1=N. The Kier molecular flexibility index (Phi) is 1.40. The smallest absolute Gasteiger partial charge is 0.0795 e. The van der Waals surface area contributed by atoms with Crippen LogP contribution in [0.25, 0.3) is 12.2 Å². The van der Waals surface area contributed by atoms with Crippen LogP contribution in [0.3, 0.4) is 0 Å². The summed E-state index contributed by atoms with van der Waals surface area (Å²) in [5.41, 5.74) is 0.572. The fourth-order valence-electron chi connectivity index (χ4n) is 1.24. The highest BCUT2D eigenvalue weighted by atomic mass is 14.5. The zero-order valence-corrected chi connectivity index (χ0v) is 6.46. The van der Waals surface area contributed by atoms with Gasteiger partial charge in [0.1, 0.15) is 0 Å². The van der Waals surface area contributed by atoms with Gasteiger partial charge in [-0.2, -0.15) is 0 Å². The average molecular weight is 156 g/mol. The Morgan fingerprint density at radius 3 is 1.58 bits per heavy atom. The van der Waals surface area contributed by atoms with Crippen LogP contribution < -0.4 is 10.4 Å². The highest BCUT2D eigenvalue weighted by molar-refractivity contribution is 6.59. The van der Waals surface area contributed by atoms with Crippen LogP contribution in [0.15, 0.2) is 24.3 Å². The Morgan fingerprint density at radius 1 is 0.750 bits per heavy atom. The summed E-state index contributed by atoms with van der Waals surface area (Å²) in [6.45, 7) is 0. The van der Waals surface area contributed by atoms with Crippen LogP contribution in [0.4, 0.5) is 0 Å². The fraction of sp³-hybridized carbons (Fsp3) is 0. The molecule has 0 saturated carbocycles. The minimum Gasteiger partial charge on any atom is -0.299 e. The standard InChI is InChI=1S/C10H8N2/c11-9-5-7-3-1-2-4-8(7)6-10(9)12/h1-6,11-12H. The van der Waals surface area contributed by atoms with Gasteiger partial charge in [-0.15, -0.1) is 0 Å². The predicted octanol–water partition coefficient (Wildman–Crippen LogP) is 0.301. The second-order valence-corrected chi connectivity index (χ2v) is 2.74. The highest BCUT2D eigenvalue weighted by Gasteiger charge is 2.02. The minimum absolute atomic E-state index is 0.286. The monoisotopic (exact) mass is 156 g/mol. The van der Waals surface area contributed by atoms with Crippen LogP contribution >= 0.6 is 0 Å². The molecule has 1 aromatic carbocycles. The Balaban J connectivity index is 2.87. The van der Waals surface area contributed by atoms with Crippen molar-refractivity contribution in [3.8, 4) is 0 Å². The van der Waals surface area contributed by atoms with Gasteiger partial charge in [0, 0.05) is 0 Å². The summed E-state index contributed by atoms with van der Waals surface area (Å²) < 4.78 is 0. The lowest BCUT2D eigenvalue weighted by molar-refractivity contribution is 1.47.